The van der Waals surface area contributed by atoms with Crippen LogP contribution in [-0.4, -0.2) is 16.5 Å². The molecule has 1 amide bonds. The van der Waals surface area contributed by atoms with E-state index in [9.17, 15) is 9.59 Å². The normalized spacial score (nSPS) is 15.5. The molecule has 2 heterocycles. The van der Waals surface area contributed by atoms with E-state index in [4.69, 9.17) is 0 Å². The van der Waals surface area contributed by atoms with E-state index in [-0.39, 0.29) is 17.5 Å². The molecule has 0 fully saturated rings. The Morgan fingerprint density at radius 3 is 2.68 bits per heavy atom. The lowest BCUT2D eigenvalue weighted by atomic mass is 10.1. The molecule has 3 aromatic rings. The SMILES string of the molecule is Cc1ccc(C)c(Cn2cc(C(=O)N3c4ccccc4C[C@H]3C)ccc2=O)c1. The third kappa shape index (κ3) is 3.26. The average molecular weight is 372 g/mol. The van der Waals surface area contributed by atoms with Gasteiger partial charge in [0.1, 0.15) is 0 Å². The summed E-state index contributed by atoms with van der Waals surface area (Å²) < 4.78 is 1.63. The number of benzene rings is 2. The number of para-hydroxylation sites is 1. The van der Waals surface area contributed by atoms with Crippen LogP contribution in [0, 0.1) is 13.8 Å². The smallest absolute Gasteiger partial charge is 0.260 e. The summed E-state index contributed by atoms with van der Waals surface area (Å²) >= 11 is 0. The Balaban J connectivity index is 1.68. The average Bonchev–Trinajstić information content (AvgIpc) is 3.01. The van der Waals surface area contributed by atoms with Crippen LogP contribution in [0.3, 0.4) is 0 Å². The second-order valence-corrected chi connectivity index (χ2v) is 7.67. The molecule has 1 atom stereocenters. The summed E-state index contributed by atoms with van der Waals surface area (Å²) in [5.74, 6) is -0.0628. The lowest BCUT2D eigenvalue weighted by Gasteiger charge is -2.23. The van der Waals surface area contributed by atoms with Crippen molar-refractivity contribution in [3.8, 4) is 0 Å². The number of aryl methyl sites for hydroxylation is 2. The monoisotopic (exact) mass is 372 g/mol. The van der Waals surface area contributed by atoms with Crippen LogP contribution >= 0.6 is 0 Å². The first kappa shape index (κ1) is 18.2. The van der Waals surface area contributed by atoms with Gasteiger partial charge in [-0.05, 0) is 56.0 Å². The number of pyridine rings is 1. The molecule has 0 saturated heterocycles. The fraction of sp³-hybridized carbons (Fsp3) is 0.250. The molecule has 1 aliphatic heterocycles. The molecule has 2 aromatic carbocycles. The van der Waals surface area contributed by atoms with Crippen LogP contribution in [0.25, 0.3) is 0 Å². The highest BCUT2D eigenvalue weighted by Gasteiger charge is 2.31. The Hall–Kier alpha value is -3.14. The van der Waals surface area contributed by atoms with Crippen molar-refractivity contribution >= 4 is 11.6 Å². The molecule has 0 spiro atoms. The number of amides is 1. The Labute approximate surface area is 165 Å². The maximum atomic E-state index is 13.3. The van der Waals surface area contributed by atoms with Gasteiger partial charge in [0, 0.05) is 24.0 Å². The molecule has 142 valence electrons. The van der Waals surface area contributed by atoms with E-state index < -0.39 is 0 Å². The molecule has 0 N–H and O–H groups in total. The van der Waals surface area contributed by atoms with Gasteiger partial charge < -0.3 is 9.47 Å². The molecule has 0 unspecified atom stereocenters. The van der Waals surface area contributed by atoms with Crippen molar-refractivity contribution in [3.63, 3.8) is 0 Å². The van der Waals surface area contributed by atoms with Gasteiger partial charge in [0.05, 0.1) is 12.1 Å². The molecule has 4 nitrogen and oxygen atoms in total. The maximum Gasteiger partial charge on any atom is 0.260 e. The fourth-order valence-corrected chi connectivity index (χ4v) is 3.95. The molecule has 4 rings (SSSR count). The third-order valence-electron chi connectivity index (χ3n) is 5.50. The molecule has 0 aliphatic carbocycles. The highest BCUT2D eigenvalue weighted by Crippen LogP contribution is 2.32. The molecular formula is C24H24N2O2. The van der Waals surface area contributed by atoms with E-state index in [2.05, 4.69) is 31.2 Å². The predicted molar refractivity (Wildman–Crippen MR) is 112 cm³/mol. The van der Waals surface area contributed by atoms with Gasteiger partial charge in [-0.3, -0.25) is 9.59 Å². The van der Waals surface area contributed by atoms with Crippen molar-refractivity contribution in [2.24, 2.45) is 0 Å². The first-order chi connectivity index (χ1) is 13.4. The number of anilines is 1. The number of hydrogen-bond acceptors (Lipinski definition) is 2. The first-order valence-electron chi connectivity index (χ1n) is 9.62. The zero-order valence-electron chi connectivity index (χ0n) is 16.5. The molecule has 28 heavy (non-hydrogen) atoms. The maximum absolute atomic E-state index is 13.3. The summed E-state index contributed by atoms with van der Waals surface area (Å²) in [5.41, 5.74) is 5.96. The Bertz CT molecular complexity index is 1110. The van der Waals surface area contributed by atoms with Crippen molar-refractivity contribution in [1.29, 1.82) is 0 Å². The van der Waals surface area contributed by atoms with Crippen LogP contribution in [-0.2, 0) is 13.0 Å². The van der Waals surface area contributed by atoms with Gasteiger partial charge in [-0.25, -0.2) is 0 Å². The van der Waals surface area contributed by atoms with Crippen molar-refractivity contribution < 1.29 is 4.79 Å². The summed E-state index contributed by atoms with van der Waals surface area (Å²) in [7, 11) is 0. The van der Waals surface area contributed by atoms with Crippen molar-refractivity contribution in [2.45, 2.75) is 39.8 Å². The standard InChI is InChI=1S/C24H24N2O2/c1-16-8-9-17(2)21(12-16)15-25-14-20(10-11-23(25)27)24(28)26-18(3)13-19-6-4-5-7-22(19)26/h4-12,14,18H,13,15H2,1-3H3/t18-/m1/s1. The summed E-state index contributed by atoms with van der Waals surface area (Å²) in [6, 6.07) is 17.5. The van der Waals surface area contributed by atoms with E-state index in [1.807, 2.05) is 36.9 Å². The van der Waals surface area contributed by atoms with Gasteiger partial charge in [-0.2, -0.15) is 0 Å². The summed E-state index contributed by atoms with van der Waals surface area (Å²) in [5, 5.41) is 0. The van der Waals surface area contributed by atoms with E-state index in [1.165, 1.54) is 11.6 Å². The summed E-state index contributed by atoms with van der Waals surface area (Å²) in [6.07, 6.45) is 2.55. The first-order valence-corrected chi connectivity index (χ1v) is 9.62. The zero-order chi connectivity index (χ0) is 19.8. The molecule has 0 bridgehead atoms. The largest absolute Gasteiger partial charge is 0.310 e. The van der Waals surface area contributed by atoms with Crippen LogP contribution in [0.5, 0.6) is 0 Å². The number of carbonyl (C=O) groups excluding carboxylic acids is 1. The van der Waals surface area contributed by atoms with E-state index >= 15 is 0 Å². The Morgan fingerprint density at radius 1 is 1.07 bits per heavy atom. The lowest BCUT2D eigenvalue weighted by molar-refractivity contribution is 0.0980. The van der Waals surface area contributed by atoms with Gasteiger partial charge in [-0.1, -0.05) is 42.0 Å². The van der Waals surface area contributed by atoms with Gasteiger partial charge in [0.2, 0.25) is 0 Å². The molecule has 1 aliphatic rings. The Kier molecular flexibility index (Phi) is 4.63. The third-order valence-corrected chi connectivity index (χ3v) is 5.50. The molecular weight excluding hydrogens is 348 g/mol. The van der Waals surface area contributed by atoms with Crippen molar-refractivity contribution in [2.75, 3.05) is 4.90 Å². The highest BCUT2D eigenvalue weighted by molar-refractivity contribution is 6.07. The second kappa shape index (κ2) is 7.12. The van der Waals surface area contributed by atoms with Crippen LogP contribution < -0.4 is 10.5 Å². The molecule has 0 radical (unpaired) electrons. The van der Waals surface area contributed by atoms with E-state index in [1.54, 1.807) is 16.8 Å². The number of rotatable bonds is 3. The fourth-order valence-electron chi connectivity index (χ4n) is 3.95. The van der Waals surface area contributed by atoms with Crippen LogP contribution in [0.4, 0.5) is 5.69 Å². The van der Waals surface area contributed by atoms with E-state index in [0.717, 1.165) is 28.8 Å². The van der Waals surface area contributed by atoms with Gasteiger partial charge in [0.25, 0.3) is 11.5 Å². The van der Waals surface area contributed by atoms with Gasteiger partial charge in [-0.15, -0.1) is 0 Å². The van der Waals surface area contributed by atoms with Crippen molar-refractivity contribution in [1.82, 2.24) is 4.57 Å². The van der Waals surface area contributed by atoms with E-state index in [0.29, 0.717) is 12.1 Å². The van der Waals surface area contributed by atoms with Gasteiger partial charge >= 0.3 is 0 Å². The van der Waals surface area contributed by atoms with Crippen LogP contribution in [0.2, 0.25) is 0 Å². The Morgan fingerprint density at radius 2 is 1.86 bits per heavy atom. The summed E-state index contributed by atoms with van der Waals surface area (Å²) in [6.45, 7) is 6.60. The van der Waals surface area contributed by atoms with Gasteiger partial charge in [0.15, 0.2) is 0 Å². The highest BCUT2D eigenvalue weighted by atomic mass is 16.2. The quantitative estimate of drug-likeness (QED) is 0.694. The number of fused-ring (bicyclic) bond motifs is 1. The number of carbonyl (C=O) groups is 1. The topological polar surface area (TPSA) is 42.3 Å². The summed E-state index contributed by atoms with van der Waals surface area (Å²) in [4.78, 5) is 27.5. The zero-order valence-corrected chi connectivity index (χ0v) is 16.5. The predicted octanol–water partition coefficient (Wildman–Crippen LogP) is 4.10. The number of hydrogen-bond donors (Lipinski definition) is 0. The minimum Gasteiger partial charge on any atom is -0.310 e. The van der Waals surface area contributed by atoms with Crippen LogP contribution in [0.15, 0.2) is 65.6 Å². The number of nitrogens with zero attached hydrogens (tertiary/aromatic N) is 2. The second-order valence-electron chi connectivity index (χ2n) is 7.67. The molecule has 0 saturated carbocycles. The minimum absolute atomic E-state index is 0.0628. The molecule has 1 aromatic heterocycles. The number of aromatic nitrogens is 1. The molecule has 4 heteroatoms. The minimum atomic E-state index is -0.104. The lowest BCUT2D eigenvalue weighted by Crippen LogP contribution is -2.36. The van der Waals surface area contributed by atoms with Crippen LogP contribution in [0.1, 0.15) is 39.5 Å². The van der Waals surface area contributed by atoms with Crippen molar-refractivity contribution in [3.05, 3.63) is 99.0 Å².